The first-order valence-corrected chi connectivity index (χ1v) is 3.73. The summed E-state index contributed by atoms with van der Waals surface area (Å²) in [7, 11) is 0. The molecule has 13 heavy (non-hydrogen) atoms. The topological polar surface area (TPSA) is 47.6 Å². The van der Waals surface area contributed by atoms with Crippen molar-refractivity contribution in [3.05, 3.63) is 36.0 Å². The summed E-state index contributed by atoms with van der Waals surface area (Å²) in [6.07, 6.45) is 9.05. The molecule has 0 aromatic heterocycles. The van der Waals surface area contributed by atoms with Gasteiger partial charge in [0.15, 0.2) is 0 Å². The van der Waals surface area contributed by atoms with Gasteiger partial charge in [0.2, 0.25) is 0 Å². The molecule has 2 heteroatoms. The number of nitriles is 2. The highest BCUT2D eigenvalue weighted by Gasteiger charge is 1.95. The Bertz CT molecular complexity index is 386. The molecular formula is C11H6N2. The molecule has 0 aliphatic heterocycles. The third-order valence-electron chi connectivity index (χ3n) is 1.46. The maximum absolute atomic E-state index is 8.38. The summed E-state index contributed by atoms with van der Waals surface area (Å²) in [5, 5.41) is 16.8. The van der Waals surface area contributed by atoms with E-state index in [4.69, 9.17) is 10.5 Å². The third-order valence-corrected chi connectivity index (χ3v) is 1.46. The lowest BCUT2D eigenvalue weighted by Crippen LogP contribution is -1.80. The van der Waals surface area contributed by atoms with Gasteiger partial charge in [-0.05, 0) is 0 Å². The van der Waals surface area contributed by atoms with Crippen molar-refractivity contribution < 1.29 is 0 Å². The van der Waals surface area contributed by atoms with Crippen LogP contribution >= 0.6 is 0 Å². The second-order valence-electron chi connectivity index (χ2n) is 2.37. The highest BCUT2D eigenvalue weighted by molar-refractivity contribution is 5.41. The quantitative estimate of drug-likeness (QED) is 0.406. The van der Waals surface area contributed by atoms with E-state index in [1.807, 2.05) is 24.3 Å². The maximum atomic E-state index is 8.38. The predicted octanol–water partition coefficient (Wildman–Crippen LogP) is 1.71. The van der Waals surface area contributed by atoms with Crippen LogP contribution in [0.3, 0.4) is 0 Å². The van der Waals surface area contributed by atoms with Crippen LogP contribution in [0, 0.1) is 40.4 Å². The molecule has 0 saturated carbocycles. The van der Waals surface area contributed by atoms with Crippen molar-refractivity contribution in [1.82, 2.24) is 0 Å². The maximum Gasteiger partial charge on any atom is 0.137 e. The zero-order valence-corrected chi connectivity index (χ0v) is 6.86. The van der Waals surface area contributed by atoms with Gasteiger partial charge >= 0.3 is 0 Å². The van der Waals surface area contributed by atoms with E-state index in [1.54, 1.807) is 12.1 Å². The molecule has 0 aromatic carbocycles. The average molecular weight is 166 g/mol. The van der Waals surface area contributed by atoms with Gasteiger partial charge in [-0.1, -0.05) is 36.1 Å². The number of nitrogens with zero attached hydrogens (tertiary/aromatic N) is 2. The Morgan fingerprint density at radius 3 is 2.31 bits per heavy atom. The van der Waals surface area contributed by atoms with E-state index in [0.717, 1.165) is 0 Å². The number of hydrogen-bond acceptors (Lipinski definition) is 2. The van der Waals surface area contributed by atoms with Gasteiger partial charge in [0.25, 0.3) is 0 Å². The molecule has 1 aliphatic rings. The van der Waals surface area contributed by atoms with Crippen molar-refractivity contribution in [2.45, 2.75) is 0 Å². The monoisotopic (exact) mass is 166 g/mol. The molecule has 60 valence electrons. The Labute approximate surface area is 77.1 Å². The second-order valence-corrected chi connectivity index (χ2v) is 2.37. The molecule has 0 heterocycles. The summed E-state index contributed by atoms with van der Waals surface area (Å²) in [5.41, 5.74) is 0.0402. The minimum atomic E-state index is 0.0402. The molecule has 0 bridgehead atoms. The van der Waals surface area contributed by atoms with Crippen LogP contribution in [0.15, 0.2) is 36.0 Å². The van der Waals surface area contributed by atoms with Crippen molar-refractivity contribution in [3.63, 3.8) is 0 Å². The van der Waals surface area contributed by atoms with E-state index < -0.39 is 0 Å². The van der Waals surface area contributed by atoms with Crippen LogP contribution in [0.1, 0.15) is 0 Å². The van der Waals surface area contributed by atoms with E-state index in [1.165, 1.54) is 6.08 Å². The Morgan fingerprint density at radius 1 is 1.15 bits per heavy atom. The third kappa shape index (κ3) is 2.70. The first-order chi connectivity index (χ1) is 6.36. The fourth-order valence-electron chi connectivity index (χ4n) is 0.828. The first-order valence-electron chi connectivity index (χ1n) is 3.73. The summed E-state index contributed by atoms with van der Waals surface area (Å²) in [6.45, 7) is 0. The molecule has 0 aromatic rings. The van der Waals surface area contributed by atoms with Crippen LogP contribution < -0.4 is 0 Å². The van der Waals surface area contributed by atoms with Crippen LogP contribution in [0.4, 0.5) is 0 Å². The molecule has 0 spiro atoms. The van der Waals surface area contributed by atoms with E-state index in [0.29, 0.717) is 0 Å². The van der Waals surface area contributed by atoms with Crippen LogP contribution in [0.25, 0.3) is 0 Å². The Morgan fingerprint density at radius 2 is 1.77 bits per heavy atom. The summed E-state index contributed by atoms with van der Waals surface area (Å²) in [6, 6.07) is 3.48. The molecule has 0 saturated heterocycles. The largest absolute Gasteiger partial charge is 0.192 e. The number of hydrogen-bond donors (Lipinski definition) is 0. The molecule has 0 amide bonds. The zero-order chi connectivity index (χ0) is 9.52. The summed E-state index contributed by atoms with van der Waals surface area (Å²) < 4.78 is 0. The summed E-state index contributed by atoms with van der Waals surface area (Å²) in [4.78, 5) is 0. The Hall–Kier alpha value is -2.24. The van der Waals surface area contributed by atoms with Crippen molar-refractivity contribution in [2.75, 3.05) is 0 Å². The number of rotatable bonds is 0. The highest BCUT2D eigenvalue weighted by atomic mass is 14.3. The summed E-state index contributed by atoms with van der Waals surface area (Å²) in [5.74, 6) is 5.67. The van der Waals surface area contributed by atoms with Crippen molar-refractivity contribution in [2.24, 2.45) is 5.92 Å². The fourth-order valence-corrected chi connectivity index (χ4v) is 0.828. The molecule has 0 radical (unpaired) electrons. The smallest absolute Gasteiger partial charge is 0.137 e. The normalized spacial score (nSPS) is 12.5. The fraction of sp³-hybridized carbons (Fsp3) is 0.0909. The predicted molar refractivity (Wildman–Crippen MR) is 48.9 cm³/mol. The van der Waals surface area contributed by atoms with Gasteiger partial charge < -0.3 is 0 Å². The van der Waals surface area contributed by atoms with E-state index >= 15 is 0 Å². The second kappa shape index (κ2) is 4.60. The standard InChI is InChI=1S/C11H6N2/c12-8-11(9-13)7-3-6-10-4-1-2-5-10/h1-2,4-5,7,10H. The van der Waals surface area contributed by atoms with Crippen molar-refractivity contribution in [1.29, 1.82) is 10.5 Å². The van der Waals surface area contributed by atoms with E-state index in [9.17, 15) is 0 Å². The highest BCUT2D eigenvalue weighted by Crippen LogP contribution is 2.06. The van der Waals surface area contributed by atoms with Crippen molar-refractivity contribution in [3.8, 4) is 24.0 Å². The van der Waals surface area contributed by atoms with Gasteiger partial charge in [0, 0.05) is 6.08 Å². The molecule has 0 atom stereocenters. The van der Waals surface area contributed by atoms with E-state index in [-0.39, 0.29) is 11.5 Å². The molecule has 0 fully saturated rings. The minimum Gasteiger partial charge on any atom is -0.192 e. The van der Waals surface area contributed by atoms with E-state index in [2.05, 4.69) is 11.8 Å². The van der Waals surface area contributed by atoms with Crippen LogP contribution in [-0.4, -0.2) is 0 Å². The molecule has 0 N–H and O–H groups in total. The first kappa shape index (κ1) is 8.85. The molecular weight excluding hydrogens is 160 g/mol. The van der Waals surface area contributed by atoms with Gasteiger partial charge in [-0.2, -0.15) is 10.5 Å². The Kier molecular flexibility index (Phi) is 3.13. The molecule has 0 unspecified atom stereocenters. The molecule has 1 aliphatic carbocycles. The van der Waals surface area contributed by atoms with Gasteiger partial charge in [0.1, 0.15) is 17.7 Å². The SMILES string of the molecule is N#CC(C#N)=CC#CC1C=CC=C1. The van der Waals surface area contributed by atoms with Gasteiger partial charge in [-0.3, -0.25) is 0 Å². The zero-order valence-electron chi connectivity index (χ0n) is 6.86. The van der Waals surface area contributed by atoms with Gasteiger partial charge in [-0.15, -0.1) is 0 Å². The lowest BCUT2D eigenvalue weighted by molar-refractivity contribution is 1.15. The summed E-state index contributed by atoms with van der Waals surface area (Å²) >= 11 is 0. The molecule has 1 rings (SSSR count). The van der Waals surface area contributed by atoms with Crippen LogP contribution in [0.5, 0.6) is 0 Å². The Balaban J connectivity index is 2.64. The van der Waals surface area contributed by atoms with Crippen LogP contribution in [-0.2, 0) is 0 Å². The lowest BCUT2D eigenvalue weighted by atomic mass is 10.2. The average Bonchev–Trinajstić information content (AvgIpc) is 2.65. The minimum absolute atomic E-state index is 0.0402. The van der Waals surface area contributed by atoms with Gasteiger partial charge in [-0.25, -0.2) is 0 Å². The number of allylic oxidation sites excluding steroid dienone is 6. The molecule has 2 nitrogen and oxygen atoms in total. The van der Waals surface area contributed by atoms with Gasteiger partial charge in [0.05, 0.1) is 5.92 Å². The van der Waals surface area contributed by atoms with Crippen LogP contribution in [0.2, 0.25) is 0 Å². The van der Waals surface area contributed by atoms with Crippen molar-refractivity contribution >= 4 is 0 Å². The lowest BCUT2D eigenvalue weighted by Gasteiger charge is -1.86.